The van der Waals surface area contributed by atoms with Gasteiger partial charge >= 0.3 is 0 Å². The maximum Gasteiger partial charge on any atom is 0.0883 e. The van der Waals surface area contributed by atoms with Gasteiger partial charge in [0, 0.05) is 16.4 Å². The van der Waals surface area contributed by atoms with Crippen LogP contribution < -0.4 is 0 Å². The van der Waals surface area contributed by atoms with Crippen LogP contribution in [0.1, 0.15) is 68.7 Å². The summed E-state index contributed by atoms with van der Waals surface area (Å²) in [6, 6.07) is 4.23. The average molecular weight is 282 g/mol. The summed E-state index contributed by atoms with van der Waals surface area (Å²) in [5.41, 5.74) is 0.176. The SMILES string of the molecule is CC(C)(C)c1ccc(C(O)CCC2CCCCO2)s1. The van der Waals surface area contributed by atoms with E-state index in [4.69, 9.17) is 4.74 Å². The van der Waals surface area contributed by atoms with E-state index in [1.54, 1.807) is 11.3 Å². The monoisotopic (exact) mass is 282 g/mol. The molecule has 0 saturated carbocycles. The Morgan fingerprint density at radius 2 is 2.16 bits per heavy atom. The Kier molecular flexibility index (Phi) is 5.04. The molecule has 0 spiro atoms. The van der Waals surface area contributed by atoms with E-state index in [2.05, 4.69) is 32.9 Å². The Morgan fingerprint density at radius 1 is 1.37 bits per heavy atom. The average Bonchev–Trinajstić information content (AvgIpc) is 2.87. The summed E-state index contributed by atoms with van der Waals surface area (Å²) in [4.78, 5) is 2.44. The Labute approximate surface area is 120 Å². The van der Waals surface area contributed by atoms with Gasteiger partial charge in [0.2, 0.25) is 0 Å². The molecule has 1 aromatic heterocycles. The van der Waals surface area contributed by atoms with Gasteiger partial charge in [0.1, 0.15) is 0 Å². The van der Waals surface area contributed by atoms with Gasteiger partial charge in [0.15, 0.2) is 0 Å². The second kappa shape index (κ2) is 6.38. The zero-order valence-corrected chi connectivity index (χ0v) is 13.1. The molecule has 1 aliphatic rings. The van der Waals surface area contributed by atoms with Crippen LogP contribution >= 0.6 is 11.3 Å². The predicted molar refractivity (Wildman–Crippen MR) is 80.8 cm³/mol. The van der Waals surface area contributed by atoms with E-state index in [-0.39, 0.29) is 11.5 Å². The van der Waals surface area contributed by atoms with Crippen molar-refractivity contribution in [2.24, 2.45) is 0 Å². The molecule has 2 heterocycles. The van der Waals surface area contributed by atoms with Crippen molar-refractivity contribution in [2.45, 2.75) is 70.5 Å². The number of aliphatic hydroxyl groups excluding tert-OH is 1. The molecule has 2 nitrogen and oxygen atoms in total. The minimum Gasteiger partial charge on any atom is -0.388 e. The third kappa shape index (κ3) is 4.30. The molecule has 3 heteroatoms. The van der Waals surface area contributed by atoms with Gasteiger partial charge in [0.25, 0.3) is 0 Å². The molecular formula is C16H26O2S. The lowest BCUT2D eigenvalue weighted by Gasteiger charge is -2.23. The summed E-state index contributed by atoms with van der Waals surface area (Å²) in [5, 5.41) is 10.3. The smallest absolute Gasteiger partial charge is 0.0883 e. The first-order valence-electron chi connectivity index (χ1n) is 7.36. The standard InChI is InChI=1S/C16H26O2S/c1-16(2,3)15-10-9-14(19-15)13(17)8-7-12-6-4-5-11-18-12/h9-10,12-13,17H,4-8,11H2,1-3H3. The summed E-state index contributed by atoms with van der Waals surface area (Å²) >= 11 is 1.74. The largest absolute Gasteiger partial charge is 0.388 e. The molecule has 2 rings (SSSR count). The predicted octanol–water partition coefficient (Wildman–Crippen LogP) is 4.43. The third-order valence-electron chi connectivity index (χ3n) is 3.73. The molecule has 0 aromatic carbocycles. The summed E-state index contributed by atoms with van der Waals surface area (Å²) in [7, 11) is 0. The molecule has 108 valence electrons. The molecule has 2 atom stereocenters. The summed E-state index contributed by atoms with van der Waals surface area (Å²) in [5.74, 6) is 0. The lowest BCUT2D eigenvalue weighted by atomic mass is 9.95. The molecule has 19 heavy (non-hydrogen) atoms. The number of thiophene rings is 1. The minimum absolute atomic E-state index is 0.176. The molecule has 0 amide bonds. The highest BCUT2D eigenvalue weighted by atomic mass is 32.1. The number of rotatable bonds is 4. The Hall–Kier alpha value is -0.380. The lowest BCUT2D eigenvalue weighted by molar-refractivity contribution is 0.00236. The van der Waals surface area contributed by atoms with Crippen LogP contribution in [-0.4, -0.2) is 17.8 Å². The van der Waals surface area contributed by atoms with E-state index in [1.807, 2.05) is 0 Å². The van der Waals surface area contributed by atoms with Crippen molar-refractivity contribution in [3.05, 3.63) is 21.9 Å². The molecule has 0 bridgehead atoms. The van der Waals surface area contributed by atoms with Gasteiger partial charge < -0.3 is 9.84 Å². The van der Waals surface area contributed by atoms with Crippen molar-refractivity contribution in [3.8, 4) is 0 Å². The van der Waals surface area contributed by atoms with Crippen LogP contribution in [0, 0.1) is 0 Å². The summed E-state index contributed by atoms with van der Waals surface area (Å²) < 4.78 is 5.72. The van der Waals surface area contributed by atoms with Crippen LogP contribution in [-0.2, 0) is 10.2 Å². The number of ether oxygens (including phenoxy) is 1. The Morgan fingerprint density at radius 3 is 2.74 bits per heavy atom. The van der Waals surface area contributed by atoms with Gasteiger partial charge in [-0.2, -0.15) is 0 Å². The minimum atomic E-state index is -0.327. The zero-order valence-electron chi connectivity index (χ0n) is 12.3. The van der Waals surface area contributed by atoms with Gasteiger partial charge in [-0.05, 0) is 49.7 Å². The second-order valence-electron chi connectivity index (χ2n) is 6.53. The molecule has 1 fully saturated rings. The fourth-order valence-corrected chi connectivity index (χ4v) is 3.54. The molecule has 1 saturated heterocycles. The van der Waals surface area contributed by atoms with Crippen LogP contribution in [0.5, 0.6) is 0 Å². The Bertz CT molecular complexity index is 386. The first-order chi connectivity index (χ1) is 8.97. The molecule has 1 N–H and O–H groups in total. The van der Waals surface area contributed by atoms with Crippen LogP contribution in [0.25, 0.3) is 0 Å². The van der Waals surface area contributed by atoms with Crippen molar-refractivity contribution >= 4 is 11.3 Å². The third-order valence-corrected chi connectivity index (χ3v) is 5.34. The van der Waals surface area contributed by atoms with Crippen molar-refractivity contribution in [1.29, 1.82) is 0 Å². The highest BCUT2D eigenvalue weighted by Gasteiger charge is 2.20. The maximum absolute atomic E-state index is 10.3. The van der Waals surface area contributed by atoms with E-state index >= 15 is 0 Å². The van der Waals surface area contributed by atoms with Gasteiger partial charge in [-0.15, -0.1) is 11.3 Å². The van der Waals surface area contributed by atoms with Gasteiger partial charge in [-0.3, -0.25) is 0 Å². The first-order valence-corrected chi connectivity index (χ1v) is 8.18. The van der Waals surface area contributed by atoms with Crippen LogP contribution in [0.2, 0.25) is 0 Å². The number of hydrogen-bond acceptors (Lipinski definition) is 3. The van der Waals surface area contributed by atoms with Crippen LogP contribution in [0.4, 0.5) is 0 Å². The zero-order chi connectivity index (χ0) is 13.9. The van der Waals surface area contributed by atoms with Crippen LogP contribution in [0.15, 0.2) is 12.1 Å². The van der Waals surface area contributed by atoms with E-state index in [1.165, 1.54) is 17.7 Å². The molecule has 1 aromatic rings. The molecular weight excluding hydrogens is 256 g/mol. The molecule has 0 aliphatic carbocycles. The molecule has 2 unspecified atom stereocenters. The normalized spacial score (nSPS) is 22.4. The maximum atomic E-state index is 10.3. The lowest BCUT2D eigenvalue weighted by Crippen LogP contribution is -2.19. The number of aliphatic hydroxyl groups is 1. The van der Waals surface area contributed by atoms with E-state index in [0.717, 1.165) is 30.7 Å². The Balaban J connectivity index is 1.85. The van der Waals surface area contributed by atoms with Crippen molar-refractivity contribution in [1.82, 2.24) is 0 Å². The van der Waals surface area contributed by atoms with Crippen molar-refractivity contribution in [2.75, 3.05) is 6.61 Å². The van der Waals surface area contributed by atoms with Crippen molar-refractivity contribution in [3.63, 3.8) is 0 Å². The quantitative estimate of drug-likeness (QED) is 0.885. The first kappa shape index (κ1) is 15.0. The fraction of sp³-hybridized carbons (Fsp3) is 0.750. The van der Waals surface area contributed by atoms with Crippen LogP contribution in [0.3, 0.4) is 0 Å². The van der Waals surface area contributed by atoms with E-state index < -0.39 is 0 Å². The van der Waals surface area contributed by atoms with Gasteiger partial charge in [-0.25, -0.2) is 0 Å². The van der Waals surface area contributed by atoms with E-state index in [0.29, 0.717) is 6.10 Å². The number of hydrogen-bond donors (Lipinski definition) is 1. The topological polar surface area (TPSA) is 29.5 Å². The fourth-order valence-electron chi connectivity index (χ4n) is 2.46. The summed E-state index contributed by atoms with van der Waals surface area (Å²) in [6.07, 6.45) is 5.45. The highest BCUT2D eigenvalue weighted by molar-refractivity contribution is 7.12. The second-order valence-corrected chi connectivity index (χ2v) is 7.65. The molecule has 1 aliphatic heterocycles. The highest BCUT2D eigenvalue weighted by Crippen LogP contribution is 2.34. The van der Waals surface area contributed by atoms with Gasteiger partial charge in [-0.1, -0.05) is 20.8 Å². The van der Waals surface area contributed by atoms with Crippen molar-refractivity contribution < 1.29 is 9.84 Å². The molecule has 0 radical (unpaired) electrons. The summed E-state index contributed by atoms with van der Waals surface area (Å²) in [6.45, 7) is 7.54. The van der Waals surface area contributed by atoms with Gasteiger partial charge in [0.05, 0.1) is 12.2 Å². The van der Waals surface area contributed by atoms with E-state index in [9.17, 15) is 5.11 Å².